The molecule has 0 spiro atoms. The molecule has 1 fully saturated rings. The van der Waals surface area contributed by atoms with Gasteiger partial charge in [0.25, 0.3) is 5.91 Å². The maximum atomic E-state index is 12.5. The molecule has 1 aliphatic heterocycles. The number of carboxylic acid groups (broad SMARTS) is 1. The summed E-state index contributed by atoms with van der Waals surface area (Å²) >= 11 is 0. The number of rotatable bonds is 3. The van der Waals surface area contributed by atoms with Crippen LogP contribution in [-0.4, -0.2) is 54.3 Å². The first-order chi connectivity index (χ1) is 9.52. The zero-order valence-electron chi connectivity index (χ0n) is 11.4. The standard InChI is InChI=1S/C14H17NO5/c1-9-7-15(8-12(20-9)14(17)18)13(16)10-5-3-4-6-11(10)19-2/h3-6,9,12H,7-8H2,1-2H3,(H,17,18)/t9-,12?/m1/s1. The van der Waals surface area contributed by atoms with Gasteiger partial charge < -0.3 is 19.5 Å². The summed E-state index contributed by atoms with van der Waals surface area (Å²) in [5.41, 5.74) is 0.424. The molecule has 1 saturated heterocycles. The highest BCUT2D eigenvalue weighted by Gasteiger charge is 2.33. The zero-order valence-corrected chi connectivity index (χ0v) is 11.4. The normalized spacial score (nSPS) is 22.4. The van der Waals surface area contributed by atoms with E-state index in [1.54, 1.807) is 31.2 Å². The lowest BCUT2D eigenvalue weighted by Gasteiger charge is -2.35. The number of carboxylic acids is 1. The number of amides is 1. The summed E-state index contributed by atoms with van der Waals surface area (Å²) in [5, 5.41) is 9.04. The van der Waals surface area contributed by atoms with Gasteiger partial charge in [0, 0.05) is 6.54 Å². The molecule has 0 aliphatic carbocycles. The van der Waals surface area contributed by atoms with Gasteiger partial charge in [-0.15, -0.1) is 0 Å². The Labute approximate surface area is 116 Å². The van der Waals surface area contributed by atoms with Crippen molar-refractivity contribution in [2.75, 3.05) is 20.2 Å². The molecule has 1 heterocycles. The molecule has 0 saturated carbocycles. The van der Waals surface area contributed by atoms with Gasteiger partial charge in [-0.1, -0.05) is 12.1 Å². The van der Waals surface area contributed by atoms with E-state index in [4.69, 9.17) is 14.6 Å². The lowest BCUT2D eigenvalue weighted by molar-refractivity contribution is -0.160. The van der Waals surface area contributed by atoms with Gasteiger partial charge in [0.15, 0.2) is 6.10 Å². The number of aliphatic carboxylic acids is 1. The number of ether oxygens (including phenoxy) is 2. The Kier molecular flexibility index (Phi) is 4.24. The molecule has 1 N–H and O–H groups in total. The van der Waals surface area contributed by atoms with Gasteiger partial charge in [-0.2, -0.15) is 0 Å². The average molecular weight is 279 g/mol. The molecule has 2 rings (SSSR count). The van der Waals surface area contributed by atoms with E-state index in [1.807, 2.05) is 0 Å². The summed E-state index contributed by atoms with van der Waals surface area (Å²) in [4.78, 5) is 25.0. The summed E-state index contributed by atoms with van der Waals surface area (Å²) in [5.74, 6) is -0.832. The van der Waals surface area contributed by atoms with E-state index in [2.05, 4.69) is 0 Å². The lowest BCUT2D eigenvalue weighted by atomic mass is 10.1. The third kappa shape index (κ3) is 2.91. The van der Waals surface area contributed by atoms with Crippen molar-refractivity contribution in [2.45, 2.75) is 19.1 Å². The predicted octanol–water partition coefficient (Wildman–Crippen LogP) is 1.01. The molecule has 108 valence electrons. The Bertz CT molecular complexity index is 516. The van der Waals surface area contributed by atoms with Crippen LogP contribution in [0.2, 0.25) is 0 Å². The van der Waals surface area contributed by atoms with Crippen LogP contribution in [0.1, 0.15) is 17.3 Å². The first-order valence-electron chi connectivity index (χ1n) is 6.33. The molecular formula is C14H17NO5. The first-order valence-corrected chi connectivity index (χ1v) is 6.33. The molecule has 2 atom stereocenters. The molecule has 1 amide bonds. The van der Waals surface area contributed by atoms with Crippen molar-refractivity contribution in [1.82, 2.24) is 4.90 Å². The Hall–Kier alpha value is -2.08. The van der Waals surface area contributed by atoms with Gasteiger partial charge in [-0.3, -0.25) is 4.79 Å². The summed E-state index contributed by atoms with van der Waals surface area (Å²) in [6.07, 6.45) is -1.30. The van der Waals surface area contributed by atoms with E-state index >= 15 is 0 Å². The second-order valence-electron chi connectivity index (χ2n) is 4.68. The minimum absolute atomic E-state index is 0.0382. The van der Waals surface area contributed by atoms with E-state index in [1.165, 1.54) is 12.0 Å². The highest BCUT2D eigenvalue weighted by Crippen LogP contribution is 2.21. The topological polar surface area (TPSA) is 76.1 Å². The Morgan fingerprint density at radius 2 is 2.05 bits per heavy atom. The van der Waals surface area contributed by atoms with E-state index in [0.29, 0.717) is 17.9 Å². The molecule has 6 heteroatoms. The summed E-state index contributed by atoms with van der Waals surface area (Å²) in [7, 11) is 1.49. The largest absolute Gasteiger partial charge is 0.496 e. The number of methoxy groups -OCH3 is 1. The third-order valence-electron chi connectivity index (χ3n) is 3.16. The maximum Gasteiger partial charge on any atom is 0.334 e. The molecule has 1 unspecified atom stereocenters. The zero-order chi connectivity index (χ0) is 14.7. The van der Waals surface area contributed by atoms with Crippen LogP contribution in [0.25, 0.3) is 0 Å². The third-order valence-corrected chi connectivity index (χ3v) is 3.16. The molecule has 1 aromatic carbocycles. The van der Waals surface area contributed by atoms with Crippen LogP contribution >= 0.6 is 0 Å². The maximum absolute atomic E-state index is 12.5. The number of para-hydroxylation sites is 1. The summed E-state index contributed by atoms with van der Waals surface area (Å²) < 4.78 is 10.5. The fourth-order valence-corrected chi connectivity index (χ4v) is 2.25. The fourth-order valence-electron chi connectivity index (χ4n) is 2.25. The van der Waals surface area contributed by atoms with Crippen LogP contribution in [0.3, 0.4) is 0 Å². The smallest absolute Gasteiger partial charge is 0.334 e. The van der Waals surface area contributed by atoms with Gasteiger partial charge in [0.1, 0.15) is 5.75 Å². The Balaban J connectivity index is 2.21. The Morgan fingerprint density at radius 1 is 1.35 bits per heavy atom. The number of carbonyl (C=O) groups excluding carboxylic acids is 1. The van der Waals surface area contributed by atoms with Crippen LogP contribution in [-0.2, 0) is 9.53 Å². The first kappa shape index (κ1) is 14.3. The fraction of sp³-hybridized carbons (Fsp3) is 0.429. The highest BCUT2D eigenvalue weighted by atomic mass is 16.5. The van der Waals surface area contributed by atoms with Crippen LogP contribution in [0, 0.1) is 0 Å². The van der Waals surface area contributed by atoms with E-state index < -0.39 is 12.1 Å². The van der Waals surface area contributed by atoms with Crippen molar-refractivity contribution in [1.29, 1.82) is 0 Å². The SMILES string of the molecule is COc1ccccc1C(=O)N1CC(C(=O)O)O[C@H](C)C1. The highest BCUT2D eigenvalue weighted by molar-refractivity contribution is 5.97. The number of carbonyl (C=O) groups is 2. The van der Waals surface area contributed by atoms with Crippen LogP contribution in [0.15, 0.2) is 24.3 Å². The van der Waals surface area contributed by atoms with Gasteiger partial charge in [-0.25, -0.2) is 4.79 Å². The van der Waals surface area contributed by atoms with Gasteiger partial charge in [0.2, 0.25) is 0 Å². The van der Waals surface area contributed by atoms with Gasteiger partial charge in [0.05, 0.1) is 25.3 Å². The van der Waals surface area contributed by atoms with Crippen LogP contribution < -0.4 is 4.74 Å². The van der Waals surface area contributed by atoms with E-state index in [0.717, 1.165) is 0 Å². The molecule has 0 bridgehead atoms. The average Bonchev–Trinajstić information content (AvgIpc) is 2.45. The summed E-state index contributed by atoms with van der Waals surface area (Å²) in [6.45, 7) is 2.15. The van der Waals surface area contributed by atoms with E-state index in [9.17, 15) is 9.59 Å². The number of hydrogen-bond acceptors (Lipinski definition) is 4. The molecule has 0 aromatic heterocycles. The van der Waals surface area contributed by atoms with Crippen LogP contribution in [0.4, 0.5) is 0 Å². The van der Waals surface area contributed by atoms with E-state index in [-0.39, 0.29) is 18.6 Å². The molecular weight excluding hydrogens is 262 g/mol. The Morgan fingerprint density at radius 3 is 2.70 bits per heavy atom. The second-order valence-corrected chi connectivity index (χ2v) is 4.68. The summed E-state index contributed by atoms with van der Waals surface area (Å²) in [6, 6.07) is 6.88. The molecule has 20 heavy (non-hydrogen) atoms. The minimum Gasteiger partial charge on any atom is -0.496 e. The van der Waals surface area contributed by atoms with Crippen molar-refractivity contribution in [3.05, 3.63) is 29.8 Å². The number of morpholine rings is 1. The predicted molar refractivity (Wildman–Crippen MR) is 70.9 cm³/mol. The van der Waals surface area contributed by atoms with Gasteiger partial charge >= 0.3 is 5.97 Å². The van der Waals surface area contributed by atoms with Gasteiger partial charge in [-0.05, 0) is 19.1 Å². The second kappa shape index (κ2) is 5.92. The monoisotopic (exact) mass is 279 g/mol. The van der Waals surface area contributed by atoms with Crippen molar-refractivity contribution >= 4 is 11.9 Å². The molecule has 1 aliphatic rings. The molecule has 6 nitrogen and oxygen atoms in total. The minimum atomic E-state index is -1.06. The number of benzene rings is 1. The number of nitrogens with zero attached hydrogens (tertiary/aromatic N) is 1. The molecule has 1 aromatic rings. The molecule has 0 radical (unpaired) electrons. The van der Waals surface area contributed by atoms with Crippen molar-refractivity contribution in [2.24, 2.45) is 0 Å². The number of hydrogen-bond donors (Lipinski definition) is 1. The van der Waals surface area contributed by atoms with Crippen LogP contribution in [0.5, 0.6) is 5.75 Å². The quantitative estimate of drug-likeness (QED) is 0.893. The van der Waals surface area contributed by atoms with Crippen molar-refractivity contribution in [3.63, 3.8) is 0 Å². The lowest BCUT2D eigenvalue weighted by Crippen LogP contribution is -2.51. The van der Waals surface area contributed by atoms with Crippen molar-refractivity contribution in [3.8, 4) is 5.75 Å². The van der Waals surface area contributed by atoms with Crippen molar-refractivity contribution < 1.29 is 24.2 Å².